The second-order valence-corrected chi connectivity index (χ2v) is 5.76. The van der Waals surface area contributed by atoms with Crippen LogP contribution < -0.4 is 4.90 Å². The number of hydrogen-bond acceptors (Lipinski definition) is 6. The van der Waals surface area contributed by atoms with E-state index in [0.717, 1.165) is 32.4 Å². The van der Waals surface area contributed by atoms with E-state index < -0.39 is 0 Å². The zero-order valence-electron chi connectivity index (χ0n) is 12.2. The summed E-state index contributed by atoms with van der Waals surface area (Å²) in [5, 5.41) is 19.3. The van der Waals surface area contributed by atoms with Crippen LogP contribution in [-0.4, -0.2) is 47.0 Å². The molecular formula is C15H20N4O2. The predicted octanol–water partition coefficient (Wildman–Crippen LogP) is 1.10. The minimum absolute atomic E-state index is 0.110. The summed E-state index contributed by atoms with van der Waals surface area (Å²) in [6.07, 6.45) is 5.50. The number of aromatic nitrogens is 2. The van der Waals surface area contributed by atoms with Crippen molar-refractivity contribution in [2.24, 2.45) is 5.41 Å². The molecule has 1 N–H and O–H groups in total. The second kappa shape index (κ2) is 5.58. The van der Waals surface area contributed by atoms with Crippen molar-refractivity contribution in [3.8, 4) is 6.07 Å². The fraction of sp³-hybridized carbons (Fsp3) is 0.667. The van der Waals surface area contributed by atoms with Crippen molar-refractivity contribution in [3.05, 3.63) is 18.1 Å². The van der Waals surface area contributed by atoms with E-state index in [1.54, 1.807) is 6.20 Å². The molecule has 2 atom stereocenters. The molecule has 6 nitrogen and oxygen atoms in total. The van der Waals surface area contributed by atoms with Gasteiger partial charge in [0.05, 0.1) is 12.2 Å². The number of rotatable bonds is 3. The molecule has 1 aliphatic carbocycles. The minimum atomic E-state index is -0.270. The van der Waals surface area contributed by atoms with Crippen LogP contribution in [0.2, 0.25) is 0 Å². The summed E-state index contributed by atoms with van der Waals surface area (Å²) in [6, 6.07) is 2.09. The maximum atomic E-state index is 10.2. The molecule has 1 aliphatic heterocycles. The van der Waals surface area contributed by atoms with Gasteiger partial charge in [0.2, 0.25) is 0 Å². The van der Waals surface area contributed by atoms with Crippen molar-refractivity contribution in [1.82, 2.24) is 9.97 Å². The van der Waals surface area contributed by atoms with Crippen LogP contribution in [0.1, 0.15) is 31.9 Å². The van der Waals surface area contributed by atoms with Crippen molar-refractivity contribution in [2.75, 3.05) is 24.6 Å². The molecule has 1 aromatic heterocycles. The summed E-state index contributed by atoms with van der Waals surface area (Å²) >= 11 is 0. The molecule has 1 spiro atoms. The lowest BCUT2D eigenvalue weighted by Crippen LogP contribution is -2.62. The number of anilines is 1. The van der Waals surface area contributed by atoms with Crippen molar-refractivity contribution in [1.29, 1.82) is 5.26 Å². The maximum Gasteiger partial charge on any atom is 0.183 e. The van der Waals surface area contributed by atoms with Crippen LogP contribution >= 0.6 is 0 Å². The van der Waals surface area contributed by atoms with Crippen LogP contribution in [0.4, 0.5) is 5.82 Å². The van der Waals surface area contributed by atoms with Gasteiger partial charge in [-0.1, -0.05) is 0 Å². The van der Waals surface area contributed by atoms with Gasteiger partial charge in [0, 0.05) is 43.9 Å². The maximum absolute atomic E-state index is 10.2. The lowest BCUT2D eigenvalue weighted by Gasteiger charge is -2.56. The molecule has 1 aromatic rings. The Bertz CT molecular complexity index is 547. The van der Waals surface area contributed by atoms with E-state index in [1.807, 2.05) is 6.92 Å². The number of aliphatic hydroxyl groups excluding tert-OH is 1. The molecule has 2 aliphatic rings. The highest BCUT2D eigenvalue weighted by molar-refractivity contribution is 5.49. The molecule has 0 bridgehead atoms. The summed E-state index contributed by atoms with van der Waals surface area (Å²) in [5.74, 6) is 0.650. The molecule has 0 amide bonds. The van der Waals surface area contributed by atoms with Crippen LogP contribution in [0.5, 0.6) is 0 Å². The predicted molar refractivity (Wildman–Crippen MR) is 76.7 cm³/mol. The zero-order valence-corrected chi connectivity index (χ0v) is 12.2. The molecule has 6 heteroatoms. The van der Waals surface area contributed by atoms with Gasteiger partial charge in [-0.15, -0.1) is 0 Å². The Hall–Kier alpha value is -1.71. The fourth-order valence-electron chi connectivity index (χ4n) is 3.59. The van der Waals surface area contributed by atoms with E-state index >= 15 is 0 Å². The van der Waals surface area contributed by atoms with Crippen LogP contribution in [0.25, 0.3) is 0 Å². The molecule has 0 unspecified atom stereocenters. The molecule has 21 heavy (non-hydrogen) atoms. The first-order valence-corrected chi connectivity index (χ1v) is 7.47. The van der Waals surface area contributed by atoms with Gasteiger partial charge in [0.1, 0.15) is 6.07 Å². The normalized spacial score (nSPS) is 27.2. The third-order valence-electron chi connectivity index (χ3n) is 4.89. The molecule has 0 aromatic carbocycles. The lowest BCUT2D eigenvalue weighted by molar-refractivity contribution is -0.199. The van der Waals surface area contributed by atoms with E-state index in [1.165, 1.54) is 6.20 Å². The van der Waals surface area contributed by atoms with E-state index in [2.05, 4.69) is 20.9 Å². The first kappa shape index (κ1) is 14.2. The third kappa shape index (κ3) is 2.27. The van der Waals surface area contributed by atoms with Crippen LogP contribution in [0, 0.1) is 16.7 Å². The van der Waals surface area contributed by atoms with Crippen molar-refractivity contribution in [2.45, 2.75) is 38.4 Å². The van der Waals surface area contributed by atoms with Gasteiger partial charge in [0.25, 0.3) is 0 Å². The average molecular weight is 288 g/mol. The largest absolute Gasteiger partial charge is 0.392 e. The van der Waals surface area contributed by atoms with Crippen molar-refractivity contribution < 1.29 is 9.84 Å². The molecule has 2 heterocycles. The van der Waals surface area contributed by atoms with Gasteiger partial charge in [-0.05, 0) is 19.8 Å². The number of piperidine rings is 1. The van der Waals surface area contributed by atoms with Gasteiger partial charge in [0.15, 0.2) is 11.5 Å². The summed E-state index contributed by atoms with van der Waals surface area (Å²) in [5.41, 5.74) is 0.255. The fourth-order valence-corrected chi connectivity index (χ4v) is 3.59. The Labute approximate surface area is 124 Å². The van der Waals surface area contributed by atoms with E-state index in [-0.39, 0.29) is 17.6 Å². The van der Waals surface area contributed by atoms with Gasteiger partial charge < -0.3 is 14.7 Å². The third-order valence-corrected chi connectivity index (χ3v) is 4.89. The van der Waals surface area contributed by atoms with Gasteiger partial charge in [-0.3, -0.25) is 0 Å². The highest BCUT2D eigenvalue weighted by atomic mass is 16.5. The second-order valence-electron chi connectivity index (χ2n) is 5.76. The smallest absolute Gasteiger partial charge is 0.183 e. The number of ether oxygens (including phenoxy) is 1. The number of nitriles is 1. The monoisotopic (exact) mass is 288 g/mol. The lowest BCUT2D eigenvalue weighted by atomic mass is 9.58. The topological polar surface area (TPSA) is 82.3 Å². The van der Waals surface area contributed by atoms with E-state index in [0.29, 0.717) is 18.1 Å². The van der Waals surface area contributed by atoms with E-state index in [9.17, 15) is 5.11 Å². The van der Waals surface area contributed by atoms with E-state index in [4.69, 9.17) is 10.00 Å². The highest BCUT2D eigenvalue weighted by Gasteiger charge is 2.56. The minimum Gasteiger partial charge on any atom is -0.392 e. The Balaban J connectivity index is 1.72. The first-order valence-electron chi connectivity index (χ1n) is 7.47. The Morgan fingerprint density at radius 3 is 2.76 bits per heavy atom. The molecule has 112 valence electrons. The quantitative estimate of drug-likeness (QED) is 0.897. The molecule has 1 saturated carbocycles. The van der Waals surface area contributed by atoms with Crippen molar-refractivity contribution >= 4 is 5.82 Å². The van der Waals surface area contributed by atoms with Gasteiger partial charge in [-0.2, -0.15) is 5.26 Å². The number of hydrogen-bond donors (Lipinski definition) is 1. The van der Waals surface area contributed by atoms with Crippen LogP contribution in [-0.2, 0) is 4.74 Å². The van der Waals surface area contributed by atoms with Crippen LogP contribution in [0.3, 0.4) is 0 Å². The molecule has 0 radical (unpaired) electrons. The Morgan fingerprint density at radius 1 is 1.43 bits per heavy atom. The molecule has 1 saturated heterocycles. The SMILES string of the molecule is CCO[C@H]1C[C@@H](O)C12CCN(c1nccnc1C#N)CC2. The molecule has 3 rings (SSSR count). The number of aliphatic hydroxyl groups is 1. The average Bonchev–Trinajstić information content (AvgIpc) is 2.55. The first-order chi connectivity index (χ1) is 10.2. The van der Waals surface area contributed by atoms with Crippen molar-refractivity contribution in [3.63, 3.8) is 0 Å². The Kier molecular flexibility index (Phi) is 3.79. The number of nitrogens with zero attached hydrogens (tertiary/aromatic N) is 4. The Morgan fingerprint density at radius 2 is 2.14 bits per heavy atom. The molecular weight excluding hydrogens is 268 g/mol. The summed E-state index contributed by atoms with van der Waals surface area (Å²) < 4.78 is 5.77. The highest BCUT2D eigenvalue weighted by Crippen LogP contribution is 2.51. The van der Waals surface area contributed by atoms with Crippen LogP contribution in [0.15, 0.2) is 12.4 Å². The summed E-state index contributed by atoms with van der Waals surface area (Å²) in [7, 11) is 0. The standard InChI is InChI=1S/C15H20N4O2/c1-2-21-13-9-12(20)15(13)3-7-19(8-4-15)14-11(10-16)17-5-6-18-14/h5-6,12-13,20H,2-4,7-9H2,1H3/t12-,13+/m1/s1. The molecule has 2 fully saturated rings. The summed E-state index contributed by atoms with van der Waals surface area (Å²) in [4.78, 5) is 10.4. The summed E-state index contributed by atoms with van der Waals surface area (Å²) in [6.45, 7) is 4.22. The zero-order chi connectivity index (χ0) is 14.9. The van der Waals surface area contributed by atoms with Gasteiger partial charge in [-0.25, -0.2) is 9.97 Å². The van der Waals surface area contributed by atoms with Gasteiger partial charge >= 0.3 is 0 Å².